The van der Waals surface area contributed by atoms with E-state index in [-0.39, 0.29) is 6.04 Å². The van der Waals surface area contributed by atoms with Crippen LogP contribution >= 0.6 is 27.7 Å². The summed E-state index contributed by atoms with van der Waals surface area (Å²) in [5.74, 6) is 7.38. The normalized spacial score (nSPS) is 12.2. The Bertz CT molecular complexity index is 548. The van der Waals surface area contributed by atoms with Crippen LogP contribution in [0.1, 0.15) is 11.6 Å². The van der Waals surface area contributed by atoms with Crippen LogP contribution in [0.15, 0.2) is 57.9 Å². The van der Waals surface area contributed by atoms with Crippen molar-refractivity contribution >= 4 is 27.7 Å². The van der Waals surface area contributed by atoms with Gasteiger partial charge in [-0.2, -0.15) is 0 Å². The predicted octanol–water partition coefficient (Wildman–Crippen LogP) is 3.75. The first kappa shape index (κ1) is 15.4. The second-order valence-electron chi connectivity index (χ2n) is 4.26. The molecule has 0 spiro atoms. The molecule has 2 aromatic rings. The van der Waals surface area contributed by atoms with Gasteiger partial charge in [0.25, 0.3) is 0 Å². The maximum Gasteiger partial charge on any atom is 0.118 e. The molecule has 0 aliphatic rings. The predicted molar refractivity (Wildman–Crippen MR) is 87.9 cm³/mol. The first-order valence-corrected chi connectivity index (χ1v) is 7.99. The number of rotatable bonds is 6. The average Bonchev–Trinajstić information content (AvgIpc) is 2.48. The SMILES string of the molecule is COc1ccc(C(CSc2cccc(Br)c2)NN)cc1. The number of nitrogens with two attached hydrogens (primary N) is 1. The summed E-state index contributed by atoms with van der Waals surface area (Å²) < 4.78 is 6.25. The van der Waals surface area contributed by atoms with Gasteiger partial charge in [0.1, 0.15) is 5.75 Å². The molecule has 0 heterocycles. The highest BCUT2D eigenvalue weighted by molar-refractivity contribution is 9.10. The monoisotopic (exact) mass is 352 g/mol. The third kappa shape index (κ3) is 4.24. The molecule has 0 amide bonds. The summed E-state index contributed by atoms with van der Waals surface area (Å²) in [5.41, 5.74) is 4.02. The van der Waals surface area contributed by atoms with Gasteiger partial charge in [-0.1, -0.05) is 34.1 Å². The molecular weight excluding hydrogens is 336 g/mol. The van der Waals surface area contributed by atoms with Crippen molar-refractivity contribution in [2.75, 3.05) is 12.9 Å². The third-order valence-corrected chi connectivity index (χ3v) is 4.51. The second kappa shape index (κ2) is 7.69. The van der Waals surface area contributed by atoms with Gasteiger partial charge in [-0.05, 0) is 35.9 Å². The van der Waals surface area contributed by atoms with E-state index in [0.29, 0.717) is 0 Å². The number of ether oxygens (including phenoxy) is 1. The van der Waals surface area contributed by atoms with Gasteiger partial charge in [0.05, 0.1) is 13.2 Å². The van der Waals surface area contributed by atoms with Gasteiger partial charge in [0, 0.05) is 15.1 Å². The zero-order valence-electron chi connectivity index (χ0n) is 11.2. The zero-order valence-corrected chi connectivity index (χ0v) is 13.6. The number of hydrogen-bond donors (Lipinski definition) is 2. The Morgan fingerprint density at radius 3 is 2.60 bits per heavy atom. The van der Waals surface area contributed by atoms with Crippen LogP contribution in [0.5, 0.6) is 5.75 Å². The van der Waals surface area contributed by atoms with Gasteiger partial charge in [-0.25, -0.2) is 0 Å². The molecule has 0 radical (unpaired) electrons. The topological polar surface area (TPSA) is 47.3 Å². The molecule has 1 unspecified atom stereocenters. The van der Waals surface area contributed by atoms with Crippen molar-refractivity contribution in [2.24, 2.45) is 5.84 Å². The molecule has 1 atom stereocenters. The smallest absolute Gasteiger partial charge is 0.118 e. The van der Waals surface area contributed by atoms with Gasteiger partial charge < -0.3 is 4.74 Å². The fraction of sp³-hybridized carbons (Fsp3) is 0.200. The van der Waals surface area contributed by atoms with E-state index >= 15 is 0 Å². The highest BCUT2D eigenvalue weighted by Crippen LogP contribution is 2.27. The summed E-state index contributed by atoms with van der Waals surface area (Å²) in [6.07, 6.45) is 0. The largest absolute Gasteiger partial charge is 0.497 e. The molecule has 0 aliphatic heterocycles. The van der Waals surface area contributed by atoms with Crippen LogP contribution < -0.4 is 16.0 Å². The van der Waals surface area contributed by atoms with Crippen LogP contribution in [-0.2, 0) is 0 Å². The lowest BCUT2D eigenvalue weighted by Gasteiger charge is -2.16. The number of halogens is 1. The summed E-state index contributed by atoms with van der Waals surface area (Å²) in [6.45, 7) is 0. The molecule has 0 saturated carbocycles. The molecule has 20 heavy (non-hydrogen) atoms. The highest BCUT2D eigenvalue weighted by atomic mass is 79.9. The fourth-order valence-corrected chi connectivity index (χ4v) is 3.40. The van der Waals surface area contributed by atoms with Crippen molar-refractivity contribution in [3.63, 3.8) is 0 Å². The second-order valence-corrected chi connectivity index (χ2v) is 6.27. The van der Waals surface area contributed by atoms with Gasteiger partial charge in [-0.3, -0.25) is 11.3 Å². The Morgan fingerprint density at radius 2 is 2.00 bits per heavy atom. The van der Waals surface area contributed by atoms with Crippen LogP contribution in [0.4, 0.5) is 0 Å². The van der Waals surface area contributed by atoms with Crippen molar-refractivity contribution in [1.29, 1.82) is 0 Å². The molecule has 0 aliphatic carbocycles. The lowest BCUT2D eigenvalue weighted by molar-refractivity contribution is 0.414. The lowest BCUT2D eigenvalue weighted by atomic mass is 10.1. The number of nitrogens with one attached hydrogen (secondary N) is 1. The molecule has 0 bridgehead atoms. The van der Waals surface area contributed by atoms with E-state index in [9.17, 15) is 0 Å². The Morgan fingerprint density at radius 1 is 1.25 bits per heavy atom. The van der Waals surface area contributed by atoms with Crippen LogP contribution in [-0.4, -0.2) is 12.9 Å². The molecule has 2 aromatic carbocycles. The summed E-state index contributed by atoms with van der Waals surface area (Å²) in [4.78, 5) is 1.22. The van der Waals surface area contributed by atoms with Crippen LogP contribution in [0.25, 0.3) is 0 Å². The molecule has 2 rings (SSSR count). The van der Waals surface area contributed by atoms with Gasteiger partial charge in [0.15, 0.2) is 0 Å². The number of methoxy groups -OCH3 is 1. The number of hydrazine groups is 1. The maximum absolute atomic E-state index is 5.67. The Balaban J connectivity index is 2.01. The van der Waals surface area contributed by atoms with Crippen molar-refractivity contribution in [1.82, 2.24) is 5.43 Å². The number of benzene rings is 2. The van der Waals surface area contributed by atoms with Crippen molar-refractivity contribution in [3.05, 3.63) is 58.6 Å². The molecule has 106 valence electrons. The van der Waals surface area contributed by atoms with Gasteiger partial charge in [0.2, 0.25) is 0 Å². The minimum Gasteiger partial charge on any atom is -0.497 e. The molecule has 0 fully saturated rings. The number of thioether (sulfide) groups is 1. The molecule has 3 N–H and O–H groups in total. The standard InChI is InChI=1S/C15H17BrN2OS/c1-19-13-7-5-11(6-8-13)15(18-17)10-20-14-4-2-3-12(16)9-14/h2-9,15,18H,10,17H2,1H3. The minimum absolute atomic E-state index is 0.102. The zero-order chi connectivity index (χ0) is 14.4. The van der Waals surface area contributed by atoms with Gasteiger partial charge in [-0.15, -0.1) is 11.8 Å². The quantitative estimate of drug-likeness (QED) is 0.472. The molecular formula is C15H17BrN2OS. The van der Waals surface area contributed by atoms with Gasteiger partial charge >= 0.3 is 0 Å². The summed E-state index contributed by atoms with van der Waals surface area (Å²) in [5, 5.41) is 0. The first-order valence-electron chi connectivity index (χ1n) is 6.21. The highest BCUT2D eigenvalue weighted by Gasteiger charge is 2.10. The van der Waals surface area contributed by atoms with Crippen LogP contribution in [0, 0.1) is 0 Å². The molecule has 5 heteroatoms. The summed E-state index contributed by atoms with van der Waals surface area (Å²) >= 11 is 5.25. The Kier molecular flexibility index (Phi) is 5.91. The summed E-state index contributed by atoms with van der Waals surface area (Å²) in [6, 6.07) is 16.3. The minimum atomic E-state index is 0.102. The van der Waals surface area contributed by atoms with Crippen LogP contribution in [0.3, 0.4) is 0 Å². The van der Waals surface area contributed by atoms with Crippen molar-refractivity contribution in [2.45, 2.75) is 10.9 Å². The van der Waals surface area contributed by atoms with E-state index in [1.165, 1.54) is 4.90 Å². The van der Waals surface area contributed by atoms with Crippen molar-refractivity contribution in [3.8, 4) is 5.75 Å². The van der Waals surface area contributed by atoms with E-state index in [1.54, 1.807) is 18.9 Å². The molecule has 0 aromatic heterocycles. The van der Waals surface area contributed by atoms with E-state index in [0.717, 1.165) is 21.5 Å². The van der Waals surface area contributed by atoms with E-state index in [1.807, 2.05) is 36.4 Å². The molecule has 3 nitrogen and oxygen atoms in total. The average molecular weight is 353 g/mol. The van der Waals surface area contributed by atoms with Crippen LogP contribution in [0.2, 0.25) is 0 Å². The van der Waals surface area contributed by atoms with E-state index in [4.69, 9.17) is 10.6 Å². The van der Waals surface area contributed by atoms with E-state index < -0.39 is 0 Å². The molecule has 0 saturated heterocycles. The van der Waals surface area contributed by atoms with Crippen molar-refractivity contribution < 1.29 is 4.74 Å². The fourth-order valence-electron chi connectivity index (χ4n) is 1.81. The number of hydrogen-bond acceptors (Lipinski definition) is 4. The van der Waals surface area contributed by atoms with E-state index in [2.05, 4.69) is 33.5 Å². The summed E-state index contributed by atoms with van der Waals surface area (Å²) in [7, 11) is 1.66. The Labute approximate surface area is 132 Å². The maximum atomic E-state index is 5.67. The third-order valence-electron chi connectivity index (χ3n) is 2.93. The lowest BCUT2D eigenvalue weighted by Crippen LogP contribution is -2.29. The first-order chi connectivity index (χ1) is 9.72. The Hall–Kier alpha value is -1.01.